The van der Waals surface area contributed by atoms with Crippen molar-refractivity contribution in [1.82, 2.24) is 5.32 Å². The number of hydrogen-bond donors (Lipinski definition) is 1. The number of halogens is 2. The molecular formula is C16H15F2NO3S. The minimum absolute atomic E-state index is 0.198. The van der Waals surface area contributed by atoms with E-state index in [-0.39, 0.29) is 29.6 Å². The molecule has 0 saturated carbocycles. The van der Waals surface area contributed by atoms with Crippen LogP contribution >= 0.6 is 0 Å². The van der Waals surface area contributed by atoms with Gasteiger partial charge in [0.05, 0.1) is 17.3 Å². The van der Waals surface area contributed by atoms with Crippen molar-refractivity contribution in [3.05, 3.63) is 60.2 Å². The van der Waals surface area contributed by atoms with Gasteiger partial charge in [0.15, 0.2) is 0 Å². The van der Waals surface area contributed by atoms with Gasteiger partial charge in [-0.1, -0.05) is 6.07 Å². The molecule has 1 amide bonds. The van der Waals surface area contributed by atoms with Crippen LogP contribution in [0.2, 0.25) is 0 Å². The van der Waals surface area contributed by atoms with E-state index in [9.17, 15) is 17.8 Å². The van der Waals surface area contributed by atoms with Gasteiger partial charge in [-0.05, 0) is 42.5 Å². The highest BCUT2D eigenvalue weighted by atomic mass is 32.2. The van der Waals surface area contributed by atoms with Crippen molar-refractivity contribution in [2.75, 3.05) is 18.9 Å². The van der Waals surface area contributed by atoms with Gasteiger partial charge in [0.25, 0.3) is 0 Å². The average molecular weight is 339 g/mol. The molecule has 0 saturated heterocycles. The lowest BCUT2D eigenvalue weighted by Crippen LogP contribution is -2.31. The van der Waals surface area contributed by atoms with Crippen molar-refractivity contribution in [3.63, 3.8) is 0 Å². The van der Waals surface area contributed by atoms with Gasteiger partial charge < -0.3 is 10.1 Å². The Kier molecular flexibility index (Phi) is 6.22. The summed E-state index contributed by atoms with van der Waals surface area (Å²) in [6.45, 7) is 0.417. The minimum Gasteiger partial charge on any atom is -0.492 e. The molecule has 0 aromatic heterocycles. The van der Waals surface area contributed by atoms with Crippen LogP contribution in [0.25, 0.3) is 0 Å². The van der Waals surface area contributed by atoms with Crippen LogP contribution in [0.4, 0.5) is 8.78 Å². The van der Waals surface area contributed by atoms with E-state index in [4.69, 9.17) is 4.74 Å². The first-order chi connectivity index (χ1) is 11.0. The topological polar surface area (TPSA) is 55.4 Å². The molecular weight excluding hydrogens is 324 g/mol. The maximum atomic E-state index is 13.0. The highest BCUT2D eigenvalue weighted by molar-refractivity contribution is 7.85. The van der Waals surface area contributed by atoms with Crippen LogP contribution in [0.1, 0.15) is 0 Å². The van der Waals surface area contributed by atoms with E-state index in [2.05, 4.69) is 5.32 Å². The van der Waals surface area contributed by atoms with Crippen molar-refractivity contribution in [3.8, 4) is 5.75 Å². The summed E-state index contributed by atoms with van der Waals surface area (Å²) < 4.78 is 42.9. The van der Waals surface area contributed by atoms with E-state index < -0.39 is 22.5 Å². The number of ether oxygens (including phenoxy) is 1. The molecule has 0 radical (unpaired) electrons. The van der Waals surface area contributed by atoms with Crippen LogP contribution in [0.3, 0.4) is 0 Å². The number of rotatable bonds is 7. The summed E-state index contributed by atoms with van der Waals surface area (Å²) in [6, 6.07) is 10.8. The molecule has 2 aromatic carbocycles. The Morgan fingerprint density at radius 3 is 2.52 bits per heavy atom. The van der Waals surface area contributed by atoms with Gasteiger partial charge in [0, 0.05) is 4.90 Å². The zero-order chi connectivity index (χ0) is 16.7. The van der Waals surface area contributed by atoms with Crippen LogP contribution in [0.15, 0.2) is 53.4 Å². The SMILES string of the molecule is O=C(CS(=O)c1cccc(F)c1)NCCOc1ccc(F)cc1. The Labute approximate surface area is 134 Å². The van der Waals surface area contributed by atoms with Gasteiger partial charge in [-0.2, -0.15) is 0 Å². The van der Waals surface area contributed by atoms with Crippen molar-refractivity contribution in [2.45, 2.75) is 4.90 Å². The summed E-state index contributed by atoms with van der Waals surface area (Å²) in [7, 11) is -1.60. The third-order valence-electron chi connectivity index (χ3n) is 2.83. The van der Waals surface area contributed by atoms with Crippen molar-refractivity contribution in [1.29, 1.82) is 0 Å². The molecule has 1 atom stereocenters. The molecule has 2 rings (SSSR count). The fraction of sp³-hybridized carbons (Fsp3) is 0.188. The van der Waals surface area contributed by atoms with Crippen LogP contribution in [-0.4, -0.2) is 29.0 Å². The van der Waals surface area contributed by atoms with Crippen LogP contribution in [0.5, 0.6) is 5.75 Å². The molecule has 0 bridgehead atoms. The minimum atomic E-state index is -1.60. The standard InChI is InChI=1S/C16H15F2NO3S/c17-12-4-6-14(7-5-12)22-9-8-19-16(20)11-23(21)15-3-1-2-13(18)10-15/h1-7,10H,8-9,11H2,(H,19,20). The summed E-state index contributed by atoms with van der Waals surface area (Å²) >= 11 is 0. The quantitative estimate of drug-likeness (QED) is 0.788. The molecule has 0 fully saturated rings. The van der Waals surface area contributed by atoms with E-state index in [0.717, 1.165) is 6.07 Å². The predicted molar refractivity (Wildman–Crippen MR) is 82.6 cm³/mol. The molecule has 2 aromatic rings. The fourth-order valence-electron chi connectivity index (χ4n) is 1.75. The van der Waals surface area contributed by atoms with E-state index in [0.29, 0.717) is 5.75 Å². The van der Waals surface area contributed by atoms with Gasteiger partial charge >= 0.3 is 0 Å². The molecule has 1 unspecified atom stereocenters. The molecule has 0 aliphatic heterocycles. The molecule has 0 aliphatic rings. The summed E-state index contributed by atoms with van der Waals surface area (Å²) in [5, 5.41) is 2.55. The first kappa shape index (κ1) is 17.1. The lowest BCUT2D eigenvalue weighted by atomic mass is 10.3. The average Bonchev–Trinajstić information content (AvgIpc) is 2.53. The zero-order valence-corrected chi connectivity index (χ0v) is 12.9. The molecule has 122 valence electrons. The highest BCUT2D eigenvalue weighted by Gasteiger charge is 2.10. The monoisotopic (exact) mass is 339 g/mol. The molecule has 0 aliphatic carbocycles. The second kappa shape index (κ2) is 8.38. The predicted octanol–water partition coefficient (Wildman–Crippen LogP) is 2.27. The van der Waals surface area contributed by atoms with E-state index >= 15 is 0 Å². The van der Waals surface area contributed by atoms with Crippen LogP contribution in [0, 0.1) is 11.6 Å². The second-order valence-electron chi connectivity index (χ2n) is 4.60. The first-order valence-corrected chi connectivity index (χ1v) is 8.15. The number of carbonyl (C=O) groups is 1. The number of nitrogens with one attached hydrogen (secondary N) is 1. The molecule has 23 heavy (non-hydrogen) atoms. The third kappa shape index (κ3) is 5.78. The number of carbonyl (C=O) groups excluding carboxylic acids is 1. The Balaban J connectivity index is 1.70. The highest BCUT2D eigenvalue weighted by Crippen LogP contribution is 2.10. The van der Waals surface area contributed by atoms with Gasteiger partial charge in [-0.3, -0.25) is 9.00 Å². The van der Waals surface area contributed by atoms with Crippen molar-refractivity contribution in [2.24, 2.45) is 0 Å². The smallest absolute Gasteiger partial charge is 0.233 e. The van der Waals surface area contributed by atoms with Gasteiger partial charge in [-0.15, -0.1) is 0 Å². The molecule has 7 heteroatoms. The van der Waals surface area contributed by atoms with Gasteiger partial charge in [0.1, 0.15) is 29.7 Å². The largest absolute Gasteiger partial charge is 0.492 e. The van der Waals surface area contributed by atoms with E-state index in [1.807, 2.05) is 0 Å². The van der Waals surface area contributed by atoms with E-state index in [1.165, 1.54) is 42.5 Å². The van der Waals surface area contributed by atoms with Crippen molar-refractivity contribution < 1.29 is 22.5 Å². The molecule has 0 heterocycles. The van der Waals surface area contributed by atoms with Gasteiger partial charge in [0.2, 0.25) is 5.91 Å². The molecule has 0 spiro atoms. The summed E-state index contributed by atoms with van der Waals surface area (Å²) in [6.07, 6.45) is 0. The molecule has 1 N–H and O–H groups in total. The van der Waals surface area contributed by atoms with Crippen LogP contribution < -0.4 is 10.1 Å². The summed E-state index contributed by atoms with van der Waals surface area (Å²) in [5.41, 5.74) is 0. The van der Waals surface area contributed by atoms with E-state index in [1.54, 1.807) is 0 Å². The van der Waals surface area contributed by atoms with Crippen molar-refractivity contribution >= 4 is 16.7 Å². The third-order valence-corrected chi connectivity index (χ3v) is 4.13. The number of amides is 1. The fourth-order valence-corrected chi connectivity index (χ4v) is 2.73. The lowest BCUT2D eigenvalue weighted by Gasteiger charge is -2.08. The maximum Gasteiger partial charge on any atom is 0.233 e. The second-order valence-corrected chi connectivity index (χ2v) is 6.05. The number of benzene rings is 2. The zero-order valence-electron chi connectivity index (χ0n) is 12.1. The first-order valence-electron chi connectivity index (χ1n) is 6.83. The molecule has 4 nitrogen and oxygen atoms in total. The van der Waals surface area contributed by atoms with Gasteiger partial charge in [-0.25, -0.2) is 8.78 Å². The Hall–Kier alpha value is -2.28. The maximum absolute atomic E-state index is 13.0. The number of hydrogen-bond acceptors (Lipinski definition) is 3. The lowest BCUT2D eigenvalue weighted by molar-refractivity contribution is -0.118. The normalized spacial score (nSPS) is 11.7. The Morgan fingerprint density at radius 2 is 1.83 bits per heavy atom. The summed E-state index contributed by atoms with van der Waals surface area (Å²) in [4.78, 5) is 11.9. The summed E-state index contributed by atoms with van der Waals surface area (Å²) in [5.74, 6) is -1.03. The van der Waals surface area contributed by atoms with Crippen LogP contribution in [-0.2, 0) is 15.6 Å². The Morgan fingerprint density at radius 1 is 1.09 bits per heavy atom. The Bertz CT molecular complexity index is 692.